The Labute approximate surface area is 131 Å². The average molecular weight is 301 g/mol. The van der Waals surface area contributed by atoms with Gasteiger partial charge in [-0.3, -0.25) is 0 Å². The van der Waals surface area contributed by atoms with Crippen molar-refractivity contribution in [3.8, 4) is 5.75 Å². The van der Waals surface area contributed by atoms with Gasteiger partial charge in [-0.25, -0.2) is 0 Å². The molecule has 0 saturated heterocycles. The molecule has 0 radical (unpaired) electrons. The zero-order valence-corrected chi connectivity index (χ0v) is 15.3. The molecule has 1 nitrogen and oxygen atoms in total. The van der Waals surface area contributed by atoms with E-state index in [4.69, 9.17) is 4.74 Å². The zero-order valence-electron chi connectivity index (χ0n) is 13.9. The Morgan fingerprint density at radius 2 is 1.76 bits per heavy atom. The fraction of sp³-hybridized carbons (Fsp3) is 0.474. The van der Waals surface area contributed by atoms with Crippen molar-refractivity contribution in [3.05, 3.63) is 52.6 Å². The molecule has 0 aromatic heterocycles. The van der Waals surface area contributed by atoms with Gasteiger partial charge in [-0.15, -0.1) is 0 Å². The molecule has 21 heavy (non-hydrogen) atoms. The predicted molar refractivity (Wildman–Crippen MR) is 95.0 cm³/mol. The van der Waals surface area contributed by atoms with Gasteiger partial charge in [0.25, 0.3) is 0 Å². The van der Waals surface area contributed by atoms with Gasteiger partial charge in [0.1, 0.15) is 5.75 Å². The lowest BCUT2D eigenvalue weighted by Crippen LogP contribution is -2.07. The van der Waals surface area contributed by atoms with Crippen molar-refractivity contribution in [3.63, 3.8) is 0 Å². The van der Waals surface area contributed by atoms with Gasteiger partial charge in [-0.2, -0.15) is 0 Å². The molecule has 0 N–H and O–H groups in total. The summed E-state index contributed by atoms with van der Waals surface area (Å²) in [4.78, 5) is 0. The van der Waals surface area contributed by atoms with E-state index in [0.717, 1.165) is 18.8 Å². The minimum atomic E-state index is 0.0896. The lowest BCUT2D eigenvalue weighted by atomic mass is 9.92. The van der Waals surface area contributed by atoms with Gasteiger partial charge in [0.15, 0.2) is 0 Å². The number of allylic oxidation sites excluding steroid dienone is 4. The van der Waals surface area contributed by atoms with Crippen LogP contribution in [0, 0.1) is 5.92 Å². The second-order valence-corrected chi connectivity index (χ2v) is 7.56. The molecule has 1 atom stereocenters. The minimum Gasteiger partial charge on any atom is -0.494 e. The summed E-state index contributed by atoms with van der Waals surface area (Å²) in [5, 5.41) is 0. The fourth-order valence-electron chi connectivity index (χ4n) is 3.34. The quantitative estimate of drug-likeness (QED) is 0.521. The van der Waals surface area contributed by atoms with Crippen LogP contribution in [0.1, 0.15) is 33.6 Å². The standard InChI is InChI=1S/C19H28OSi/c1-14-15(2)18(19(13-21-4)16(14)3)11-8-12-20-17-9-6-5-7-10-17/h5-7,9-10,18H,8,11-13,21H2,1-4H3. The van der Waals surface area contributed by atoms with Gasteiger partial charge in [0.2, 0.25) is 0 Å². The van der Waals surface area contributed by atoms with E-state index in [2.05, 4.69) is 27.3 Å². The molecule has 0 amide bonds. The summed E-state index contributed by atoms with van der Waals surface area (Å²) in [7, 11) is 0.0896. The van der Waals surface area contributed by atoms with Crippen molar-refractivity contribution >= 4 is 9.52 Å². The molecule has 0 bridgehead atoms. The van der Waals surface area contributed by atoms with Gasteiger partial charge >= 0.3 is 0 Å². The lowest BCUT2D eigenvalue weighted by molar-refractivity contribution is 0.301. The highest BCUT2D eigenvalue weighted by Gasteiger charge is 2.25. The van der Waals surface area contributed by atoms with Crippen molar-refractivity contribution < 1.29 is 4.74 Å². The normalized spacial score (nSPS) is 19.1. The number of para-hydroxylation sites is 1. The van der Waals surface area contributed by atoms with Crippen molar-refractivity contribution in [2.24, 2.45) is 5.92 Å². The van der Waals surface area contributed by atoms with Crippen molar-refractivity contribution in [2.75, 3.05) is 6.61 Å². The van der Waals surface area contributed by atoms with Crippen LogP contribution in [0.2, 0.25) is 12.6 Å². The second-order valence-electron chi connectivity index (χ2n) is 6.06. The van der Waals surface area contributed by atoms with Crippen LogP contribution in [0.25, 0.3) is 0 Å². The first-order valence-electron chi connectivity index (χ1n) is 8.20. The molecule has 1 aromatic rings. The summed E-state index contributed by atoms with van der Waals surface area (Å²) in [5.41, 5.74) is 6.46. The van der Waals surface area contributed by atoms with E-state index < -0.39 is 0 Å². The smallest absolute Gasteiger partial charge is 0.119 e. The summed E-state index contributed by atoms with van der Waals surface area (Å²) in [5.74, 6) is 1.68. The topological polar surface area (TPSA) is 9.23 Å². The third-order valence-corrected chi connectivity index (χ3v) is 5.79. The lowest BCUT2D eigenvalue weighted by Gasteiger charge is -2.18. The molecule has 1 aliphatic rings. The first-order chi connectivity index (χ1) is 10.1. The molecule has 2 rings (SSSR count). The summed E-state index contributed by atoms with van der Waals surface area (Å²) in [6.45, 7) is 10.2. The fourth-order valence-corrected chi connectivity index (χ4v) is 4.60. The van der Waals surface area contributed by atoms with Gasteiger partial charge in [-0.1, -0.05) is 35.9 Å². The minimum absolute atomic E-state index is 0.0896. The van der Waals surface area contributed by atoms with Gasteiger partial charge in [0.05, 0.1) is 6.61 Å². The number of rotatable bonds is 7. The maximum absolute atomic E-state index is 5.83. The molecule has 0 heterocycles. The Kier molecular flexibility index (Phi) is 5.86. The van der Waals surface area contributed by atoms with E-state index in [1.807, 2.05) is 30.3 Å². The average Bonchev–Trinajstić information content (AvgIpc) is 2.70. The third kappa shape index (κ3) is 3.88. The van der Waals surface area contributed by atoms with Crippen LogP contribution in [0.4, 0.5) is 0 Å². The molecule has 2 heteroatoms. The third-order valence-electron chi connectivity index (χ3n) is 4.75. The van der Waals surface area contributed by atoms with E-state index in [1.54, 1.807) is 22.3 Å². The monoisotopic (exact) mass is 300 g/mol. The molecule has 0 saturated carbocycles. The Balaban J connectivity index is 1.87. The molecule has 1 aromatic carbocycles. The number of hydrogen-bond donors (Lipinski definition) is 0. The highest BCUT2D eigenvalue weighted by atomic mass is 28.2. The Bertz CT molecular complexity index is 528. The highest BCUT2D eigenvalue weighted by Crippen LogP contribution is 2.41. The number of ether oxygens (including phenoxy) is 1. The van der Waals surface area contributed by atoms with Crippen molar-refractivity contribution in [1.29, 1.82) is 0 Å². The maximum Gasteiger partial charge on any atom is 0.119 e. The molecule has 0 spiro atoms. The molecular weight excluding hydrogens is 272 g/mol. The summed E-state index contributed by atoms with van der Waals surface area (Å²) < 4.78 is 5.83. The number of benzene rings is 1. The van der Waals surface area contributed by atoms with E-state index in [1.165, 1.54) is 12.5 Å². The molecule has 0 fully saturated rings. The molecular formula is C19H28OSi. The first-order valence-corrected chi connectivity index (χ1v) is 10.6. The Morgan fingerprint density at radius 1 is 1.05 bits per heavy atom. The van der Waals surface area contributed by atoms with Crippen LogP contribution in [-0.4, -0.2) is 16.1 Å². The molecule has 0 aliphatic heterocycles. The number of hydrogen-bond acceptors (Lipinski definition) is 1. The van der Waals surface area contributed by atoms with Gasteiger partial charge in [0, 0.05) is 15.4 Å². The van der Waals surface area contributed by atoms with E-state index in [9.17, 15) is 0 Å². The van der Waals surface area contributed by atoms with Gasteiger partial charge in [-0.05, 0) is 62.9 Å². The van der Waals surface area contributed by atoms with Crippen molar-refractivity contribution in [1.82, 2.24) is 0 Å². The van der Waals surface area contributed by atoms with E-state index in [0.29, 0.717) is 5.92 Å². The maximum atomic E-state index is 5.83. The largest absolute Gasteiger partial charge is 0.494 e. The summed E-state index contributed by atoms with van der Waals surface area (Å²) in [6, 6.07) is 11.5. The molecule has 1 aliphatic carbocycles. The summed E-state index contributed by atoms with van der Waals surface area (Å²) in [6.07, 6.45) is 2.36. The first kappa shape index (κ1) is 16.1. The Morgan fingerprint density at radius 3 is 2.43 bits per heavy atom. The van der Waals surface area contributed by atoms with Crippen molar-refractivity contribution in [2.45, 2.75) is 46.2 Å². The van der Waals surface area contributed by atoms with Crippen LogP contribution in [0.3, 0.4) is 0 Å². The van der Waals surface area contributed by atoms with Crippen LogP contribution in [0.5, 0.6) is 5.75 Å². The predicted octanol–water partition coefficient (Wildman–Crippen LogP) is 4.76. The van der Waals surface area contributed by atoms with Crippen LogP contribution >= 0.6 is 0 Å². The molecule has 1 unspecified atom stereocenters. The van der Waals surface area contributed by atoms with Crippen LogP contribution in [0.15, 0.2) is 52.6 Å². The zero-order chi connectivity index (χ0) is 15.2. The Hall–Kier alpha value is -1.28. The van der Waals surface area contributed by atoms with Crippen LogP contribution in [-0.2, 0) is 0 Å². The van der Waals surface area contributed by atoms with E-state index >= 15 is 0 Å². The molecule has 114 valence electrons. The second kappa shape index (κ2) is 7.65. The van der Waals surface area contributed by atoms with Gasteiger partial charge < -0.3 is 4.74 Å². The SMILES string of the molecule is C[SiH2]CC1=C(C)C(C)=C(C)C1CCCOc1ccccc1. The van der Waals surface area contributed by atoms with E-state index in [-0.39, 0.29) is 9.52 Å². The summed E-state index contributed by atoms with van der Waals surface area (Å²) >= 11 is 0. The van der Waals surface area contributed by atoms with Crippen LogP contribution < -0.4 is 4.74 Å². The highest BCUT2D eigenvalue weighted by molar-refractivity contribution is 6.34.